The van der Waals surface area contributed by atoms with E-state index in [9.17, 15) is 0 Å². The van der Waals surface area contributed by atoms with Gasteiger partial charge in [0.15, 0.2) is 11.0 Å². The van der Waals surface area contributed by atoms with Gasteiger partial charge in [-0.2, -0.15) is 0 Å². The average molecular weight is 432 g/mol. The van der Waals surface area contributed by atoms with Crippen molar-refractivity contribution in [3.63, 3.8) is 0 Å². The molecule has 0 unspecified atom stereocenters. The highest BCUT2D eigenvalue weighted by atomic mass is 32.2. The minimum atomic E-state index is 0.681. The SMILES string of the molecule is C=CCn1c(SCc2ccc(C)cc2)nnc1-c1csc(C)c1-c1ccc(C)cc1. The molecule has 2 aromatic carbocycles. The lowest BCUT2D eigenvalue weighted by Crippen LogP contribution is -2.01. The Bertz CT molecular complexity index is 1150. The van der Waals surface area contributed by atoms with E-state index in [-0.39, 0.29) is 0 Å². The fourth-order valence-corrected chi connectivity index (χ4v) is 5.19. The van der Waals surface area contributed by atoms with E-state index in [1.807, 2.05) is 6.08 Å². The van der Waals surface area contributed by atoms with Crippen molar-refractivity contribution in [3.8, 4) is 22.5 Å². The maximum absolute atomic E-state index is 4.60. The van der Waals surface area contributed by atoms with Gasteiger partial charge in [-0.25, -0.2) is 0 Å². The van der Waals surface area contributed by atoms with Crippen molar-refractivity contribution < 1.29 is 0 Å². The zero-order chi connectivity index (χ0) is 21.1. The highest BCUT2D eigenvalue weighted by molar-refractivity contribution is 7.98. The monoisotopic (exact) mass is 431 g/mol. The molecule has 0 aliphatic heterocycles. The number of benzene rings is 2. The van der Waals surface area contributed by atoms with E-state index in [2.05, 4.69) is 96.0 Å². The van der Waals surface area contributed by atoms with Crippen LogP contribution < -0.4 is 0 Å². The molecular weight excluding hydrogens is 406 g/mol. The quantitative estimate of drug-likeness (QED) is 0.231. The smallest absolute Gasteiger partial charge is 0.192 e. The number of rotatable bonds is 7. The van der Waals surface area contributed by atoms with Crippen LogP contribution >= 0.6 is 23.1 Å². The van der Waals surface area contributed by atoms with Crippen molar-refractivity contribution in [2.75, 3.05) is 0 Å². The zero-order valence-electron chi connectivity index (χ0n) is 17.6. The van der Waals surface area contributed by atoms with Gasteiger partial charge in [0.1, 0.15) is 0 Å². The summed E-state index contributed by atoms with van der Waals surface area (Å²) in [4.78, 5) is 1.29. The molecule has 0 spiro atoms. The van der Waals surface area contributed by atoms with Crippen molar-refractivity contribution in [1.29, 1.82) is 0 Å². The van der Waals surface area contributed by atoms with Crippen LogP contribution in [0.1, 0.15) is 21.6 Å². The molecule has 0 radical (unpaired) electrons. The van der Waals surface area contributed by atoms with E-state index in [1.165, 1.54) is 32.7 Å². The number of hydrogen-bond acceptors (Lipinski definition) is 4. The number of thiophene rings is 1. The molecule has 0 amide bonds. The summed E-state index contributed by atoms with van der Waals surface area (Å²) < 4.78 is 2.17. The third-order valence-electron chi connectivity index (χ3n) is 5.07. The fraction of sp³-hybridized carbons (Fsp3) is 0.200. The Morgan fingerprint density at radius 2 is 1.63 bits per heavy atom. The summed E-state index contributed by atoms with van der Waals surface area (Å²) in [5.74, 6) is 1.77. The predicted molar refractivity (Wildman–Crippen MR) is 129 cm³/mol. The molecule has 5 heteroatoms. The Labute approximate surface area is 186 Å². The van der Waals surface area contributed by atoms with E-state index < -0.39 is 0 Å². The van der Waals surface area contributed by atoms with Crippen molar-refractivity contribution in [2.24, 2.45) is 0 Å². The molecule has 2 heterocycles. The molecule has 0 bridgehead atoms. The maximum Gasteiger partial charge on any atom is 0.192 e. The molecule has 0 fully saturated rings. The van der Waals surface area contributed by atoms with E-state index in [0.717, 1.165) is 22.3 Å². The van der Waals surface area contributed by atoms with Gasteiger partial charge in [-0.1, -0.05) is 77.5 Å². The van der Waals surface area contributed by atoms with Crippen molar-refractivity contribution >= 4 is 23.1 Å². The van der Waals surface area contributed by atoms with Crippen LogP contribution in [0.5, 0.6) is 0 Å². The maximum atomic E-state index is 4.60. The van der Waals surface area contributed by atoms with Crippen LogP contribution in [0.2, 0.25) is 0 Å². The Morgan fingerprint density at radius 1 is 0.967 bits per heavy atom. The molecule has 0 saturated carbocycles. The van der Waals surface area contributed by atoms with Crippen LogP contribution in [0.25, 0.3) is 22.5 Å². The van der Waals surface area contributed by atoms with E-state index in [0.29, 0.717) is 6.54 Å². The summed E-state index contributed by atoms with van der Waals surface area (Å²) in [6.45, 7) is 11.0. The molecule has 30 heavy (non-hydrogen) atoms. The minimum absolute atomic E-state index is 0.681. The van der Waals surface area contributed by atoms with Gasteiger partial charge in [-0.3, -0.25) is 4.57 Å². The van der Waals surface area contributed by atoms with E-state index in [4.69, 9.17) is 0 Å². The van der Waals surface area contributed by atoms with Crippen LogP contribution in [0.15, 0.2) is 71.7 Å². The first-order chi connectivity index (χ1) is 14.6. The van der Waals surface area contributed by atoms with Crippen molar-refractivity contribution in [3.05, 3.63) is 88.1 Å². The van der Waals surface area contributed by atoms with Crippen LogP contribution in [0.3, 0.4) is 0 Å². The van der Waals surface area contributed by atoms with Crippen LogP contribution in [0.4, 0.5) is 0 Å². The Hall–Kier alpha value is -2.63. The second-order valence-corrected chi connectivity index (χ2v) is 9.45. The summed E-state index contributed by atoms with van der Waals surface area (Å²) in [6, 6.07) is 17.4. The molecule has 4 rings (SSSR count). The summed E-state index contributed by atoms with van der Waals surface area (Å²) in [6.07, 6.45) is 1.91. The third-order valence-corrected chi connectivity index (χ3v) is 7.02. The molecule has 0 atom stereocenters. The molecule has 0 aliphatic carbocycles. The highest BCUT2D eigenvalue weighted by Gasteiger charge is 2.20. The first kappa shape index (κ1) is 20.6. The molecule has 0 saturated heterocycles. The van der Waals surface area contributed by atoms with Gasteiger partial charge in [-0.15, -0.1) is 28.1 Å². The number of allylic oxidation sites excluding steroid dienone is 1. The largest absolute Gasteiger partial charge is 0.298 e. The Balaban J connectivity index is 1.69. The molecule has 0 N–H and O–H groups in total. The Morgan fingerprint density at radius 3 is 2.30 bits per heavy atom. The first-order valence-corrected chi connectivity index (χ1v) is 11.8. The van der Waals surface area contributed by atoms with Gasteiger partial charge in [0, 0.05) is 33.7 Å². The average Bonchev–Trinajstić information content (AvgIpc) is 3.32. The second-order valence-electron chi connectivity index (χ2n) is 7.43. The topological polar surface area (TPSA) is 30.7 Å². The molecule has 0 aliphatic rings. The van der Waals surface area contributed by atoms with Gasteiger partial charge in [-0.05, 0) is 31.9 Å². The summed E-state index contributed by atoms with van der Waals surface area (Å²) >= 11 is 3.48. The lowest BCUT2D eigenvalue weighted by atomic mass is 10.0. The molecule has 152 valence electrons. The first-order valence-electron chi connectivity index (χ1n) is 9.94. The minimum Gasteiger partial charge on any atom is -0.298 e. The van der Waals surface area contributed by atoms with Gasteiger partial charge in [0.25, 0.3) is 0 Å². The van der Waals surface area contributed by atoms with E-state index >= 15 is 0 Å². The number of aromatic nitrogens is 3. The highest BCUT2D eigenvalue weighted by Crippen LogP contribution is 2.39. The van der Waals surface area contributed by atoms with Crippen LogP contribution in [-0.4, -0.2) is 14.8 Å². The lowest BCUT2D eigenvalue weighted by Gasteiger charge is -2.10. The van der Waals surface area contributed by atoms with Gasteiger partial charge in [0.2, 0.25) is 0 Å². The van der Waals surface area contributed by atoms with Gasteiger partial charge >= 0.3 is 0 Å². The summed E-state index contributed by atoms with van der Waals surface area (Å²) in [5.41, 5.74) is 7.42. The lowest BCUT2D eigenvalue weighted by molar-refractivity contribution is 0.731. The predicted octanol–water partition coefficient (Wildman–Crippen LogP) is 7.08. The molecule has 3 nitrogen and oxygen atoms in total. The third kappa shape index (κ3) is 4.27. The number of aryl methyl sites for hydroxylation is 3. The number of nitrogens with zero attached hydrogens (tertiary/aromatic N) is 3. The van der Waals surface area contributed by atoms with Gasteiger partial charge < -0.3 is 0 Å². The Kier molecular flexibility index (Phi) is 6.21. The van der Waals surface area contributed by atoms with E-state index in [1.54, 1.807) is 23.1 Å². The van der Waals surface area contributed by atoms with Crippen molar-refractivity contribution in [1.82, 2.24) is 14.8 Å². The standard InChI is InChI=1S/C25H25N3S2/c1-5-14-28-24(26-27-25(28)30-15-20-10-6-17(2)7-11-20)22-16-29-19(4)23(22)21-12-8-18(3)9-13-21/h5-13,16H,1,14-15H2,2-4H3. The number of thioether (sulfide) groups is 1. The molecular formula is C25H25N3S2. The molecule has 2 aromatic heterocycles. The number of hydrogen-bond donors (Lipinski definition) is 0. The normalized spacial score (nSPS) is 11.0. The zero-order valence-corrected chi connectivity index (χ0v) is 19.2. The van der Waals surface area contributed by atoms with Crippen LogP contribution in [-0.2, 0) is 12.3 Å². The summed E-state index contributed by atoms with van der Waals surface area (Å²) in [7, 11) is 0. The van der Waals surface area contributed by atoms with Gasteiger partial charge in [0.05, 0.1) is 0 Å². The fourth-order valence-electron chi connectivity index (χ4n) is 3.42. The van der Waals surface area contributed by atoms with Crippen LogP contribution in [0, 0.1) is 20.8 Å². The molecule has 4 aromatic rings. The summed E-state index contributed by atoms with van der Waals surface area (Å²) in [5, 5.41) is 12.3. The van der Waals surface area contributed by atoms with Crippen molar-refractivity contribution in [2.45, 2.75) is 38.2 Å². The second kappa shape index (κ2) is 9.02.